The van der Waals surface area contributed by atoms with Crippen molar-refractivity contribution >= 4 is 6.03 Å². The topological polar surface area (TPSA) is 79.2 Å². The Bertz CT molecular complexity index is 613. The van der Waals surface area contributed by atoms with E-state index in [-0.39, 0.29) is 24.7 Å². The molecular weight excluding hydrogens is 292 g/mol. The molecule has 0 aliphatic rings. The predicted octanol–water partition coefficient (Wildman–Crippen LogP) is 2.39. The molecule has 6 heteroatoms. The van der Waals surface area contributed by atoms with Crippen molar-refractivity contribution in [2.75, 3.05) is 6.61 Å². The minimum absolute atomic E-state index is 0.0115. The maximum absolute atomic E-state index is 12.1. The number of amides is 2. The van der Waals surface area contributed by atoms with Crippen LogP contribution in [-0.2, 0) is 0 Å². The van der Waals surface area contributed by atoms with Crippen LogP contribution in [0.1, 0.15) is 38.3 Å². The quantitative estimate of drug-likeness (QED) is 0.734. The fourth-order valence-electron chi connectivity index (χ4n) is 2.40. The number of carbonyl (C=O) groups is 1. The van der Waals surface area contributed by atoms with E-state index in [1.807, 2.05) is 50.4 Å². The molecule has 0 bridgehead atoms. The number of aliphatic hydroxyl groups excluding tert-OH is 1. The zero-order chi connectivity index (χ0) is 16.7. The highest BCUT2D eigenvalue weighted by Crippen LogP contribution is 2.16. The third-order valence-electron chi connectivity index (χ3n) is 3.79. The number of nitrogens with zero attached hydrogens (tertiary/aromatic N) is 2. The molecule has 0 fully saturated rings. The number of carbonyl (C=O) groups excluding carboxylic acids is 1. The molecule has 124 valence electrons. The van der Waals surface area contributed by atoms with Crippen LogP contribution in [0.2, 0.25) is 0 Å². The van der Waals surface area contributed by atoms with Crippen molar-refractivity contribution in [2.24, 2.45) is 0 Å². The van der Waals surface area contributed by atoms with Crippen molar-refractivity contribution in [2.45, 2.75) is 38.8 Å². The van der Waals surface area contributed by atoms with Crippen LogP contribution in [0.5, 0.6) is 0 Å². The summed E-state index contributed by atoms with van der Waals surface area (Å²) in [5.74, 6) is 0. The Hall–Kier alpha value is -2.34. The lowest BCUT2D eigenvalue weighted by Crippen LogP contribution is -2.43. The first kappa shape index (κ1) is 17.0. The molecule has 0 aliphatic heterocycles. The van der Waals surface area contributed by atoms with Gasteiger partial charge in [0.1, 0.15) is 0 Å². The Labute approximate surface area is 136 Å². The molecular formula is C17H24N4O2. The summed E-state index contributed by atoms with van der Waals surface area (Å²) >= 11 is 0. The van der Waals surface area contributed by atoms with Crippen LogP contribution >= 0.6 is 0 Å². The van der Waals surface area contributed by atoms with Crippen LogP contribution < -0.4 is 10.6 Å². The van der Waals surface area contributed by atoms with Gasteiger partial charge >= 0.3 is 6.03 Å². The van der Waals surface area contributed by atoms with Gasteiger partial charge in [-0.05, 0) is 43.5 Å². The van der Waals surface area contributed by atoms with E-state index in [4.69, 9.17) is 5.11 Å². The second-order valence-electron chi connectivity index (χ2n) is 5.50. The van der Waals surface area contributed by atoms with Crippen molar-refractivity contribution < 1.29 is 9.90 Å². The fraction of sp³-hybridized carbons (Fsp3) is 0.412. The number of hydrogen-bond donors (Lipinski definition) is 3. The van der Waals surface area contributed by atoms with Crippen LogP contribution in [0.25, 0.3) is 5.69 Å². The molecule has 23 heavy (non-hydrogen) atoms. The largest absolute Gasteiger partial charge is 0.396 e. The molecule has 2 amide bonds. The number of nitrogens with one attached hydrogen (secondary N) is 2. The summed E-state index contributed by atoms with van der Waals surface area (Å²) in [7, 11) is 0. The fourth-order valence-corrected chi connectivity index (χ4v) is 2.40. The second kappa shape index (κ2) is 8.33. The Balaban J connectivity index is 1.99. The van der Waals surface area contributed by atoms with Crippen molar-refractivity contribution in [1.82, 2.24) is 20.4 Å². The summed E-state index contributed by atoms with van der Waals surface area (Å²) in [4.78, 5) is 12.1. The molecule has 3 N–H and O–H groups in total. The molecule has 1 heterocycles. The van der Waals surface area contributed by atoms with Gasteiger partial charge in [-0.15, -0.1) is 0 Å². The molecule has 6 nitrogen and oxygen atoms in total. The minimum atomic E-state index is -0.220. The Kier molecular flexibility index (Phi) is 6.17. The Morgan fingerprint density at radius 2 is 2.17 bits per heavy atom. The number of aromatic nitrogens is 2. The van der Waals surface area contributed by atoms with E-state index in [0.717, 1.165) is 17.7 Å². The van der Waals surface area contributed by atoms with Gasteiger partial charge in [-0.1, -0.05) is 19.1 Å². The normalized spacial score (nSPS) is 13.3. The van der Waals surface area contributed by atoms with Crippen molar-refractivity contribution in [3.63, 3.8) is 0 Å². The van der Waals surface area contributed by atoms with Gasteiger partial charge in [0, 0.05) is 25.0 Å². The monoisotopic (exact) mass is 316 g/mol. The third kappa shape index (κ3) is 4.82. The van der Waals surface area contributed by atoms with Crippen molar-refractivity contribution in [3.8, 4) is 5.69 Å². The molecule has 0 radical (unpaired) electrons. The summed E-state index contributed by atoms with van der Waals surface area (Å²) in [6.45, 7) is 3.99. The van der Waals surface area contributed by atoms with Crippen molar-refractivity contribution in [3.05, 3.63) is 48.3 Å². The number of urea groups is 1. The van der Waals surface area contributed by atoms with Crippen LogP contribution in [-0.4, -0.2) is 33.6 Å². The molecule has 0 saturated carbocycles. The predicted molar refractivity (Wildman–Crippen MR) is 89.4 cm³/mol. The molecule has 2 rings (SSSR count). The average Bonchev–Trinajstić information content (AvgIpc) is 3.09. The van der Waals surface area contributed by atoms with Gasteiger partial charge in [-0.25, -0.2) is 9.48 Å². The highest BCUT2D eigenvalue weighted by molar-refractivity contribution is 5.74. The van der Waals surface area contributed by atoms with E-state index >= 15 is 0 Å². The summed E-state index contributed by atoms with van der Waals surface area (Å²) in [6.07, 6.45) is 4.96. The maximum Gasteiger partial charge on any atom is 0.315 e. The summed E-state index contributed by atoms with van der Waals surface area (Å²) in [5.41, 5.74) is 1.96. The summed E-state index contributed by atoms with van der Waals surface area (Å²) < 4.78 is 1.78. The highest BCUT2D eigenvalue weighted by Gasteiger charge is 2.13. The lowest BCUT2D eigenvalue weighted by molar-refractivity contribution is 0.225. The lowest BCUT2D eigenvalue weighted by atomic mass is 10.1. The van der Waals surface area contributed by atoms with Gasteiger partial charge < -0.3 is 15.7 Å². The zero-order valence-electron chi connectivity index (χ0n) is 13.6. The van der Waals surface area contributed by atoms with Crippen LogP contribution in [0, 0.1) is 0 Å². The molecule has 0 saturated heterocycles. The molecule has 1 aromatic heterocycles. The van der Waals surface area contributed by atoms with E-state index in [0.29, 0.717) is 6.42 Å². The smallest absolute Gasteiger partial charge is 0.315 e. The van der Waals surface area contributed by atoms with E-state index in [9.17, 15) is 4.79 Å². The summed E-state index contributed by atoms with van der Waals surface area (Å²) in [5, 5.41) is 19.0. The Morgan fingerprint density at radius 3 is 2.83 bits per heavy atom. The lowest BCUT2D eigenvalue weighted by Gasteiger charge is -2.20. The summed E-state index contributed by atoms with van der Waals surface area (Å²) in [6, 6.07) is 9.41. The van der Waals surface area contributed by atoms with E-state index in [2.05, 4.69) is 15.7 Å². The standard InChI is InChI=1S/C17H24N4O2/c1-3-15(8-11-22)20-17(23)19-13(2)14-6-4-7-16(12-14)21-10-5-9-18-21/h4-7,9-10,12-13,15,22H,3,8,11H2,1-2H3,(H2,19,20,23). The number of aliphatic hydroxyl groups is 1. The number of hydrogen-bond acceptors (Lipinski definition) is 3. The molecule has 0 aliphatic carbocycles. The van der Waals surface area contributed by atoms with E-state index in [1.54, 1.807) is 10.9 Å². The molecule has 2 unspecified atom stereocenters. The third-order valence-corrected chi connectivity index (χ3v) is 3.79. The molecule has 0 spiro atoms. The highest BCUT2D eigenvalue weighted by atomic mass is 16.3. The van der Waals surface area contributed by atoms with Gasteiger partial charge in [-0.2, -0.15) is 5.10 Å². The van der Waals surface area contributed by atoms with E-state index in [1.165, 1.54) is 0 Å². The Morgan fingerprint density at radius 1 is 1.35 bits per heavy atom. The van der Waals surface area contributed by atoms with Gasteiger partial charge in [0.2, 0.25) is 0 Å². The van der Waals surface area contributed by atoms with Gasteiger partial charge in [-0.3, -0.25) is 0 Å². The maximum atomic E-state index is 12.1. The number of rotatable bonds is 7. The van der Waals surface area contributed by atoms with Crippen LogP contribution in [0.15, 0.2) is 42.7 Å². The average molecular weight is 316 g/mol. The van der Waals surface area contributed by atoms with Gasteiger partial charge in [0.15, 0.2) is 0 Å². The van der Waals surface area contributed by atoms with E-state index < -0.39 is 0 Å². The molecule has 1 aromatic carbocycles. The first-order valence-corrected chi connectivity index (χ1v) is 7.92. The van der Waals surface area contributed by atoms with Crippen molar-refractivity contribution in [1.29, 1.82) is 0 Å². The molecule has 2 aromatic rings. The minimum Gasteiger partial charge on any atom is -0.396 e. The first-order chi connectivity index (χ1) is 11.1. The zero-order valence-corrected chi connectivity index (χ0v) is 13.6. The number of benzene rings is 1. The molecule has 2 atom stereocenters. The second-order valence-corrected chi connectivity index (χ2v) is 5.50. The SMILES string of the molecule is CCC(CCO)NC(=O)NC(C)c1cccc(-n2cccn2)c1. The first-order valence-electron chi connectivity index (χ1n) is 7.92. The van der Waals surface area contributed by atoms with Gasteiger partial charge in [0.25, 0.3) is 0 Å². The van der Waals surface area contributed by atoms with Crippen LogP contribution in [0.4, 0.5) is 4.79 Å². The van der Waals surface area contributed by atoms with Gasteiger partial charge in [0.05, 0.1) is 11.7 Å². The van der Waals surface area contributed by atoms with Crippen LogP contribution in [0.3, 0.4) is 0 Å².